The molecule has 2 unspecified atom stereocenters. The molecule has 0 aromatic carbocycles. The van der Waals surface area contributed by atoms with Gasteiger partial charge in [-0.15, -0.1) is 0 Å². The smallest absolute Gasteiger partial charge is 0.462 e. The van der Waals surface area contributed by atoms with Crippen LogP contribution in [0, 0.1) is 0 Å². The van der Waals surface area contributed by atoms with Crippen LogP contribution in [-0.2, 0) is 32.7 Å². The SMILES string of the molecule is CC/C=C\C/C=C\C/C=C\C/C=C\C/C=C\C/C=C\C/C=C\C/C=C\C/C=C\C/C=C\C/C=C\CCCCCC(=O)OC(COC(=O)CCCCCC/C=C\C/C=C\C/C=C\C/C=C\CC)COP(=O)(O)OCC[N+](C)(C)C. The molecule has 0 fully saturated rings. The predicted molar refractivity (Wildman–Crippen MR) is 334 cm³/mol. The van der Waals surface area contributed by atoms with Gasteiger partial charge in [0, 0.05) is 12.8 Å². The van der Waals surface area contributed by atoms with Gasteiger partial charge in [0.15, 0.2) is 6.10 Å². The summed E-state index contributed by atoms with van der Waals surface area (Å²) in [5.74, 6) is -0.883. The number of hydrogen-bond acceptors (Lipinski definition) is 7. The summed E-state index contributed by atoms with van der Waals surface area (Å²) in [6, 6.07) is 0. The molecule has 0 spiro atoms. The number of carbonyl (C=O) groups is 2. The Labute approximate surface area is 476 Å². The van der Waals surface area contributed by atoms with Crippen LogP contribution in [0.25, 0.3) is 0 Å². The van der Waals surface area contributed by atoms with Gasteiger partial charge in [-0.1, -0.05) is 215 Å². The minimum absolute atomic E-state index is 0.00939. The van der Waals surface area contributed by atoms with Crippen LogP contribution in [0.15, 0.2) is 182 Å². The number of ether oxygens (including phenoxy) is 2. The number of phosphoric ester groups is 1. The number of unbranched alkanes of at least 4 members (excludes halogenated alkanes) is 7. The maximum Gasteiger partial charge on any atom is 0.472 e. The highest BCUT2D eigenvalue weighted by atomic mass is 31.2. The van der Waals surface area contributed by atoms with Crippen molar-refractivity contribution in [2.45, 2.75) is 187 Å². The van der Waals surface area contributed by atoms with Gasteiger partial charge >= 0.3 is 19.8 Å². The third kappa shape index (κ3) is 60.3. The zero-order valence-corrected chi connectivity index (χ0v) is 50.2. The molecule has 0 bridgehead atoms. The van der Waals surface area contributed by atoms with Crippen LogP contribution in [0.2, 0.25) is 0 Å². The highest BCUT2D eigenvalue weighted by molar-refractivity contribution is 7.47. The molecule has 78 heavy (non-hydrogen) atoms. The molecular formula is C68H107NO8P+. The summed E-state index contributed by atoms with van der Waals surface area (Å²) in [4.78, 5) is 35.6. The number of allylic oxidation sites excluding steroid dienone is 30. The Kier molecular flexibility index (Phi) is 53.3. The molecule has 9 nitrogen and oxygen atoms in total. The maximum atomic E-state index is 12.8. The van der Waals surface area contributed by atoms with Crippen molar-refractivity contribution in [3.05, 3.63) is 182 Å². The number of carbonyl (C=O) groups excluding carboxylic acids is 2. The highest BCUT2D eigenvalue weighted by Gasteiger charge is 2.27. The molecule has 0 saturated carbocycles. The van der Waals surface area contributed by atoms with E-state index in [1.54, 1.807) is 0 Å². The number of quaternary nitrogens is 1. The van der Waals surface area contributed by atoms with Crippen LogP contribution in [0.5, 0.6) is 0 Å². The van der Waals surface area contributed by atoms with Crippen molar-refractivity contribution in [2.24, 2.45) is 0 Å². The van der Waals surface area contributed by atoms with Crippen molar-refractivity contribution in [1.82, 2.24) is 0 Å². The highest BCUT2D eigenvalue weighted by Crippen LogP contribution is 2.43. The number of hydrogen-bond donors (Lipinski definition) is 1. The minimum Gasteiger partial charge on any atom is -0.462 e. The lowest BCUT2D eigenvalue weighted by Crippen LogP contribution is -2.37. The van der Waals surface area contributed by atoms with E-state index in [0.717, 1.165) is 141 Å². The number of phosphoric acid groups is 1. The number of likely N-dealkylation sites (N-methyl/N-ethyl adjacent to an activating group) is 1. The van der Waals surface area contributed by atoms with Gasteiger partial charge < -0.3 is 18.9 Å². The van der Waals surface area contributed by atoms with Crippen molar-refractivity contribution in [3.8, 4) is 0 Å². The molecule has 0 aliphatic heterocycles. The molecule has 0 aliphatic rings. The summed E-state index contributed by atoms with van der Waals surface area (Å²) in [5.41, 5.74) is 0. The number of rotatable bonds is 51. The second kappa shape index (κ2) is 56.8. The van der Waals surface area contributed by atoms with E-state index in [1.807, 2.05) is 21.1 Å². The van der Waals surface area contributed by atoms with Crippen molar-refractivity contribution >= 4 is 19.8 Å². The zero-order chi connectivity index (χ0) is 57.0. The average Bonchev–Trinajstić information content (AvgIpc) is 3.41. The molecule has 436 valence electrons. The van der Waals surface area contributed by atoms with E-state index in [2.05, 4.69) is 196 Å². The zero-order valence-electron chi connectivity index (χ0n) is 49.3. The van der Waals surface area contributed by atoms with Gasteiger partial charge in [-0.2, -0.15) is 0 Å². The lowest BCUT2D eigenvalue weighted by molar-refractivity contribution is -0.870. The van der Waals surface area contributed by atoms with Crippen LogP contribution in [0.4, 0.5) is 0 Å². The lowest BCUT2D eigenvalue weighted by atomic mass is 10.1. The Balaban J connectivity index is 4.30. The Hall–Kier alpha value is -4.89. The van der Waals surface area contributed by atoms with Gasteiger partial charge in [-0.05, 0) is 135 Å². The van der Waals surface area contributed by atoms with E-state index >= 15 is 0 Å². The monoisotopic (exact) mass is 1100 g/mol. The normalized spacial score (nSPS) is 14.6. The second-order valence-corrected chi connectivity index (χ2v) is 21.4. The third-order valence-electron chi connectivity index (χ3n) is 11.4. The summed E-state index contributed by atoms with van der Waals surface area (Å²) in [7, 11) is 1.41. The molecule has 0 amide bonds. The van der Waals surface area contributed by atoms with Crippen LogP contribution >= 0.6 is 7.82 Å². The van der Waals surface area contributed by atoms with Gasteiger partial charge in [0.1, 0.15) is 19.8 Å². The number of esters is 2. The fourth-order valence-corrected chi connectivity index (χ4v) is 7.69. The molecule has 0 heterocycles. The van der Waals surface area contributed by atoms with Crippen molar-refractivity contribution < 1.29 is 42.1 Å². The van der Waals surface area contributed by atoms with E-state index in [-0.39, 0.29) is 26.1 Å². The topological polar surface area (TPSA) is 108 Å². The minimum atomic E-state index is -4.42. The van der Waals surface area contributed by atoms with E-state index in [0.29, 0.717) is 23.9 Å². The fraction of sp³-hybridized carbons (Fsp3) is 0.529. The van der Waals surface area contributed by atoms with Gasteiger partial charge in [0.2, 0.25) is 0 Å². The second-order valence-electron chi connectivity index (χ2n) is 19.9. The molecule has 0 rings (SSSR count). The van der Waals surface area contributed by atoms with E-state index in [1.165, 1.54) is 0 Å². The Bertz CT molecular complexity index is 1970. The Morgan fingerprint density at radius 2 is 0.692 bits per heavy atom. The molecular weight excluding hydrogens is 990 g/mol. The molecule has 0 radical (unpaired) electrons. The molecule has 0 aliphatic carbocycles. The summed E-state index contributed by atoms with van der Waals surface area (Å²) < 4.78 is 34.4. The quantitative estimate of drug-likeness (QED) is 0.0211. The molecule has 0 aromatic rings. The van der Waals surface area contributed by atoms with Gasteiger partial charge in [0.25, 0.3) is 0 Å². The first kappa shape index (κ1) is 73.1. The summed E-state index contributed by atoms with van der Waals surface area (Å²) in [6.07, 6.45) is 88.3. The van der Waals surface area contributed by atoms with Crippen LogP contribution < -0.4 is 0 Å². The summed E-state index contributed by atoms with van der Waals surface area (Å²) >= 11 is 0. The van der Waals surface area contributed by atoms with Crippen molar-refractivity contribution in [3.63, 3.8) is 0 Å². The van der Waals surface area contributed by atoms with Crippen LogP contribution in [0.3, 0.4) is 0 Å². The van der Waals surface area contributed by atoms with E-state index < -0.39 is 32.5 Å². The summed E-state index contributed by atoms with van der Waals surface area (Å²) in [6.45, 7) is 4.09. The third-order valence-corrected chi connectivity index (χ3v) is 12.4. The maximum absolute atomic E-state index is 12.8. The largest absolute Gasteiger partial charge is 0.472 e. The van der Waals surface area contributed by atoms with Crippen molar-refractivity contribution in [1.29, 1.82) is 0 Å². The molecule has 0 aromatic heterocycles. The average molecular weight is 1100 g/mol. The molecule has 10 heteroatoms. The Morgan fingerprint density at radius 3 is 1.03 bits per heavy atom. The standard InChI is InChI=1S/C68H106NO8P/c1-6-8-10-12-14-16-18-20-22-24-25-26-27-28-29-30-31-32-33-34-35-36-37-38-39-40-41-42-43-45-47-49-51-53-55-57-59-61-68(71)77-66(65-76-78(72,73)75-63-62-69(3,4)5)64-74-67(70)60-58-56-54-52-50-48-46-44-23-21-19-17-15-13-11-9-7-2/h8-11,14-17,20-23,25-26,28-29,31-32,34-35,37-38,40-41,43,45-46,48-49,51,66H,6-7,12-13,18-19,24,27,30,33,36,39,42,44,47,50,52-65H2,1-5H3/p+1/b10-8-,11-9-,16-14-,17-15-,22-20-,23-21-,26-25-,29-28-,32-31-,35-34-,38-37-,41-40-,45-43-,48-46-,51-49-. The Morgan fingerprint density at radius 1 is 0.397 bits per heavy atom. The lowest BCUT2D eigenvalue weighted by Gasteiger charge is -2.24. The molecule has 2 atom stereocenters. The van der Waals surface area contributed by atoms with Crippen molar-refractivity contribution in [2.75, 3.05) is 47.5 Å². The first-order valence-corrected chi connectivity index (χ1v) is 31.0. The van der Waals surface area contributed by atoms with Gasteiger partial charge in [0.05, 0.1) is 27.7 Å². The van der Waals surface area contributed by atoms with E-state index in [4.69, 9.17) is 18.5 Å². The van der Waals surface area contributed by atoms with Gasteiger partial charge in [-0.25, -0.2) is 4.57 Å². The molecule has 1 N–H and O–H groups in total. The van der Waals surface area contributed by atoms with Crippen LogP contribution in [0.1, 0.15) is 181 Å². The van der Waals surface area contributed by atoms with Gasteiger partial charge in [-0.3, -0.25) is 18.6 Å². The fourth-order valence-electron chi connectivity index (χ4n) is 6.95. The molecule has 0 saturated heterocycles. The van der Waals surface area contributed by atoms with E-state index in [9.17, 15) is 19.0 Å². The van der Waals surface area contributed by atoms with Crippen LogP contribution in [-0.4, -0.2) is 74.9 Å². The predicted octanol–water partition coefficient (Wildman–Crippen LogP) is 18.8. The first-order chi connectivity index (χ1) is 38.0. The summed E-state index contributed by atoms with van der Waals surface area (Å²) in [5, 5.41) is 0. The first-order valence-electron chi connectivity index (χ1n) is 29.5. The number of nitrogens with zero attached hydrogens (tertiary/aromatic N) is 1.